The smallest absolute Gasteiger partial charge is 0.422 e. The zero-order valence-electron chi connectivity index (χ0n) is 16.1. The number of hydrogen-bond acceptors (Lipinski definition) is 5. The van der Waals surface area contributed by atoms with E-state index in [9.17, 15) is 30.8 Å². The van der Waals surface area contributed by atoms with Crippen LogP contribution in [0, 0.1) is 5.82 Å². The highest BCUT2D eigenvalue weighted by atomic mass is 32.2. The van der Waals surface area contributed by atoms with Crippen LogP contribution in [0.1, 0.15) is 18.5 Å². The zero-order chi connectivity index (χ0) is 22.6. The third kappa shape index (κ3) is 5.91. The minimum absolute atomic E-state index is 0.0574. The highest BCUT2D eigenvalue weighted by Gasteiger charge is 2.39. The van der Waals surface area contributed by atoms with Crippen molar-refractivity contribution in [2.45, 2.75) is 36.5 Å². The van der Waals surface area contributed by atoms with E-state index < -0.39 is 40.6 Å². The molecular formula is C19H19F4N3O4S. The van der Waals surface area contributed by atoms with Crippen LogP contribution in [-0.2, 0) is 21.4 Å². The predicted octanol–water partition coefficient (Wildman–Crippen LogP) is 2.63. The third-order valence-corrected chi connectivity index (χ3v) is 6.48. The summed E-state index contributed by atoms with van der Waals surface area (Å²) in [6.45, 7) is -1.44. The minimum Gasteiger partial charge on any atom is -0.484 e. The Bertz CT molecular complexity index is 1030. The maximum absolute atomic E-state index is 13.1. The van der Waals surface area contributed by atoms with Crippen molar-refractivity contribution >= 4 is 15.9 Å². The fourth-order valence-electron chi connectivity index (χ4n) is 3.13. The number of pyridine rings is 1. The van der Waals surface area contributed by atoms with Gasteiger partial charge in [0, 0.05) is 18.8 Å². The van der Waals surface area contributed by atoms with E-state index in [-0.39, 0.29) is 29.4 Å². The molecule has 0 aliphatic carbocycles. The van der Waals surface area contributed by atoms with Gasteiger partial charge in [-0.15, -0.1) is 0 Å². The third-order valence-electron chi connectivity index (χ3n) is 4.56. The summed E-state index contributed by atoms with van der Waals surface area (Å²) in [7, 11) is -4.00. The molecule has 168 valence electrons. The largest absolute Gasteiger partial charge is 0.484 e. The molecule has 0 saturated carbocycles. The average molecular weight is 461 g/mol. The van der Waals surface area contributed by atoms with Crippen LogP contribution in [0.3, 0.4) is 0 Å². The van der Waals surface area contributed by atoms with Crippen LogP contribution in [0.2, 0.25) is 0 Å². The Morgan fingerprint density at radius 2 is 1.94 bits per heavy atom. The monoisotopic (exact) mass is 461 g/mol. The molecule has 1 aliphatic heterocycles. The fraction of sp³-hybridized carbons (Fsp3) is 0.368. The van der Waals surface area contributed by atoms with Gasteiger partial charge in [0.15, 0.2) is 6.61 Å². The van der Waals surface area contributed by atoms with E-state index in [0.717, 1.165) is 28.6 Å². The second-order valence-corrected chi connectivity index (χ2v) is 8.72. The highest BCUT2D eigenvalue weighted by Crippen LogP contribution is 2.26. The molecule has 0 bridgehead atoms. The van der Waals surface area contributed by atoms with Crippen molar-refractivity contribution in [3.05, 3.63) is 54.1 Å². The van der Waals surface area contributed by atoms with Gasteiger partial charge in [-0.25, -0.2) is 12.8 Å². The van der Waals surface area contributed by atoms with E-state index in [1.165, 1.54) is 18.3 Å². The molecule has 3 rings (SSSR count). The molecule has 1 aliphatic rings. The second-order valence-electron chi connectivity index (χ2n) is 6.83. The molecule has 0 radical (unpaired) electrons. The lowest BCUT2D eigenvalue weighted by molar-refractivity contribution is -0.153. The van der Waals surface area contributed by atoms with E-state index in [4.69, 9.17) is 0 Å². The summed E-state index contributed by atoms with van der Waals surface area (Å²) in [5, 5.41) is 2.56. The molecule has 1 unspecified atom stereocenters. The standard InChI is InChI=1S/C19H19F4N3O4S/c20-13-3-5-16(6-4-13)31(28,29)26-9-1-2-17(26)18(27)25-11-14-10-15(7-8-24-14)30-12-19(21,22)23/h3-8,10,17H,1-2,9,11-12H2,(H,25,27). The van der Waals surface area contributed by atoms with Crippen LogP contribution in [0.5, 0.6) is 5.75 Å². The number of amides is 1. The molecule has 31 heavy (non-hydrogen) atoms. The van der Waals surface area contributed by atoms with Crippen LogP contribution in [-0.4, -0.2) is 49.0 Å². The van der Waals surface area contributed by atoms with Crippen molar-refractivity contribution in [2.75, 3.05) is 13.2 Å². The average Bonchev–Trinajstić information content (AvgIpc) is 3.22. The first-order valence-corrected chi connectivity index (χ1v) is 10.7. The number of sulfonamides is 1. The van der Waals surface area contributed by atoms with Crippen molar-refractivity contribution in [1.29, 1.82) is 0 Å². The van der Waals surface area contributed by atoms with Crippen molar-refractivity contribution in [1.82, 2.24) is 14.6 Å². The number of carbonyl (C=O) groups is 1. The molecule has 1 fully saturated rings. The Morgan fingerprint density at radius 3 is 2.61 bits per heavy atom. The Morgan fingerprint density at radius 1 is 1.23 bits per heavy atom. The molecule has 1 atom stereocenters. The van der Waals surface area contributed by atoms with E-state index >= 15 is 0 Å². The van der Waals surface area contributed by atoms with Gasteiger partial charge >= 0.3 is 6.18 Å². The summed E-state index contributed by atoms with van der Waals surface area (Å²) in [6, 6.07) is 5.87. The van der Waals surface area contributed by atoms with Crippen molar-refractivity contribution in [2.24, 2.45) is 0 Å². The van der Waals surface area contributed by atoms with Gasteiger partial charge in [0.2, 0.25) is 15.9 Å². The van der Waals surface area contributed by atoms with Crippen LogP contribution >= 0.6 is 0 Å². The first-order chi connectivity index (χ1) is 14.6. The summed E-state index contributed by atoms with van der Waals surface area (Å²) in [6.07, 6.45) is -2.47. The number of ether oxygens (including phenoxy) is 1. The van der Waals surface area contributed by atoms with Gasteiger partial charge in [0.1, 0.15) is 17.6 Å². The molecule has 1 saturated heterocycles. The molecular weight excluding hydrogens is 442 g/mol. The SMILES string of the molecule is O=C(NCc1cc(OCC(F)(F)F)ccn1)C1CCCN1S(=O)(=O)c1ccc(F)cc1. The molecule has 0 spiro atoms. The van der Waals surface area contributed by atoms with E-state index in [0.29, 0.717) is 12.8 Å². The van der Waals surface area contributed by atoms with Crippen LogP contribution < -0.4 is 10.1 Å². The number of aromatic nitrogens is 1. The van der Waals surface area contributed by atoms with Crippen LogP contribution in [0.25, 0.3) is 0 Å². The first-order valence-electron chi connectivity index (χ1n) is 9.26. The fourth-order valence-corrected chi connectivity index (χ4v) is 4.79. The molecule has 7 nitrogen and oxygen atoms in total. The minimum atomic E-state index is -4.49. The number of nitrogens with one attached hydrogen (secondary N) is 1. The normalized spacial score (nSPS) is 17.5. The second kappa shape index (κ2) is 9.18. The van der Waals surface area contributed by atoms with Gasteiger partial charge in [-0.1, -0.05) is 0 Å². The summed E-state index contributed by atoms with van der Waals surface area (Å²) >= 11 is 0. The number of rotatable bonds is 7. The number of nitrogens with zero attached hydrogens (tertiary/aromatic N) is 2. The number of halogens is 4. The van der Waals surface area contributed by atoms with Gasteiger partial charge in [-0.3, -0.25) is 9.78 Å². The summed E-state index contributed by atoms with van der Waals surface area (Å²) in [5.41, 5.74) is 0.249. The summed E-state index contributed by atoms with van der Waals surface area (Å²) in [5.74, 6) is -1.20. The molecule has 1 aromatic carbocycles. The zero-order valence-corrected chi connectivity index (χ0v) is 16.9. The Balaban J connectivity index is 1.64. The van der Waals surface area contributed by atoms with Gasteiger partial charge in [0.05, 0.1) is 17.1 Å². The lowest BCUT2D eigenvalue weighted by atomic mass is 10.2. The Hall–Kier alpha value is -2.73. The number of benzene rings is 1. The van der Waals surface area contributed by atoms with Gasteiger partial charge in [-0.05, 0) is 43.2 Å². The predicted molar refractivity (Wildman–Crippen MR) is 101 cm³/mol. The van der Waals surface area contributed by atoms with Gasteiger partial charge < -0.3 is 10.1 Å². The van der Waals surface area contributed by atoms with E-state index in [1.54, 1.807) is 0 Å². The number of alkyl halides is 3. The topological polar surface area (TPSA) is 88.6 Å². The highest BCUT2D eigenvalue weighted by molar-refractivity contribution is 7.89. The maximum atomic E-state index is 13.1. The van der Waals surface area contributed by atoms with Crippen molar-refractivity contribution in [3.8, 4) is 5.75 Å². The Labute approximate surface area is 176 Å². The van der Waals surface area contributed by atoms with Crippen molar-refractivity contribution in [3.63, 3.8) is 0 Å². The maximum Gasteiger partial charge on any atom is 0.422 e. The summed E-state index contributed by atoms with van der Waals surface area (Å²) in [4.78, 5) is 16.5. The van der Waals surface area contributed by atoms with Crippen LogP contribution in [0.4, 0.5) is 17.6 Å². The Kier molecular flexibility index (Phi) is 6.80. The molecule has 2 aromatic rings. The van der Waals surface area contributed by atoms with E-state index in [1.807, 2.05) is 0 Å². The molecule has 12 heteroatoms. The van der Waals surface area contributed by atoms with Crippen molar-refractivity contribution < 1.29 is 35.5 Å². The van der Waals surface area contributed by atoms with Crippen LogP contribution in [0.15, 0.2) is 47.5 Å². The number of hydrogen-bond donors (Lipinski definition) is 1. The molecule has 1 N–H and O–H groups in total. The lowest BCUT2D eigenvalue weighted by Crippen LogP contribution is -2.45. The van der Waals surface area contributed by atoms with Gasteiger partial charge in [0.25, 0.3) is 0 Å². The first kappa shape index (κ1) is 22.9. The lowest BCUT2D eigenvalue weighted by Gasteiger charge is -2.23. The van der Waals surface area contributed by atoms with E-state index in [2.05, 4.69) is 15.0 Å². The number of carbonyl (C=O) groups excluding carboxylic acids is 1. The molecule has 1 amide bonds. The molecule has 2 heterocycles. The summed E-state index contributed by atoms with van der Waals surface area (Å²) < 4.78 is 81.3. The van der Waals surface area contributed by atoms with Gasteiger partial charge in [-0.2, -0.15) is 17.5 Å². The molecule has 1 aromatic heterocycles. The quantitative estimate of drug-likeness (QED) is 0.641.